The smallest absolute Gasteiger partial charge is 0.269 e. The Morgan fingerprint density at radius 2 is 1.66 bits per heavy atom. The predicted molar refractivity (Wildman–Crippen MR) is 104 cm³/mol. The molecule has 0 fully saturated rings. The summed E-state index contributed by atoms with van der Waals surface area (Å²) in [5.41, 5.74) is 0.865. The van der Waals surface area contributed by atoms with Crippen LogP contribution in [0.15, 0.2) is 35.2 Å². The maximum Gasteiger partial charge on any atom is 0.269 e. The van der Waals surface area contributed by atoms with Crippen LogP contribution in [0.4, 0.5) is 20.2 Å². The van der Waals surface area contributed by atoms with E-state index in [-0.39, 0.29) is 11.3 Å². The number of hydrogen-bond acceptors (Lipinski definition) is 5. The van der Waals surface area contributed by atoms with Crippen molar-refractivity contribution in [1.29, 1.82) is 0 Å². The number of hydrogen-bond donors (Lipinski definition) is 1. The van der Waals surface area contributed by atoms with Crippen molar-refractivity contribution in [2.45, 2.75) is 6.92 Å². The van der Waals surface area contributed by atoms with Gasteiger partial charge in [-0.3, -0.25) is 9.10 Å². The molecule has 3 rings (SSSR count). The van der Waals surface area contributed by atoms with Crippen LogP contribution in [0, 0.1) is 11.6 Å². The molecule has 0 aromatic heterocycles. The second-order valence-corrected chi connectivity index (χ2v) is 8.14. The molecule has 154 valence electrons. The number of allylic oxidation sites excluding steroid dienone is 1. The maximum absolute atomic E-state index is 13.4. The van der Waals surface area contributed by atoms with Crippen LogP contribution in [0.2, 0.25) is 0 Å². The molecule has 0 saturated carbocycles. The van der Waals surface area contributed by atoms with Gasteiger partial charge in [-0.25, -0.2) is 17.2 Å². The Kier molecular flexibility index (Phi) is 5.22. The number of nitrogens with zero attached hydrogens (tertiary/aromatic N) is 1. The van der Waals surface area contributed by atoms with Crippen molar-refractivity contribution in [2.75, 3.05) is 30.9 Å². The average molecular weight is 424 g/mol. The Morgan fingerprint density at radius 1 is 1.03 bits per heavy atom. The first-order chi connectivity index (χ1) is 13.6. The molecular formula is C19H18F2N2O5S. The lowest BCUT2D eigenvalue weighted by Crippen LogP contribution is -2.36. The highest BCUT2D eigenvalue weighted by Crippen LogP contribution is 2.44. The third-order valence-corrected chi connectivity index (χ3v) is 6.51. The lowest BCUT2D eigenvalue weighted by molar-refractivity contribution is -0.112. The zero-order valence-corrected chi connectivity index (χ0v) is 16.9. The third kappa shape index (κ3) is 3.39. The van der Waals surface area contributed by atoms with Gasteiger partial charge >= 0.3 is 0 Å². The molecule has 2 aromatic rings. The molecule has 0 aliphatic carbocycles. The number of methoxy groups -OCH3 is 2. The van der Waals surface area contributed by atoms with Crippen LogP contribution < -0.4 is 19.1 Å². The SMILES string of the molecule is COc1cc2c(cc1OC)N(C)S(=O)(=O)C(C(=O)Nc1ccc(F)c(F)c1)=C2C. The van der Waals surface area contributed by atoms with Crippen molar-refractivity contribution in [1.82, 2.24) is 0 Å². The van der Waals surface area contributed by atoms with Crippen molar-refractivity contribution in [3.63, 3.8) is 0 Å². The van der Waals surface area contributed by atoms with Crippen molar-refractivity contribution < 1.29 is 31.5 Å². The summed E-state index contributed by atoms with van der Waals surface area (Å²) >= 11 is 0. The fraction of sp³-hybridized carbons (Fsp3) is 0.211. The number of nitrogens with one attached hydrogen (secondary N) is 1. The van der Waals surface area contributed by atoms with E-state index in [0.29, 0.717) is 22.7 Å². The minimum atomic E-state index is -4.21. The number of carbonyl (C=O) groups is 1. The first-order valence-corrected chi connectivity index (χ1v) is 9.78. The fourth-order valence-electron chi connectivity index (χ4n) is 3.06. The first-order valence-electron chi connectivity index (χ1n) is 8.34. The van der Waals surface area contributed by atoms with Gasteiger partial charge in [0.05, 0.1) is 19.9 Å². The number of anilines is 2. The van der Waals surface area contributed by atoms with Gasteiger partial charge in [0.25, 0.3) is 15.9 Å². The van der Waals surface area contributed by atoms with Crippen molar-refractivity contribution in [3.05, 3.63) is 52.4 Å². The summed E-state index contributed by atoms with van der Waals surface area (Å²) in [4.78, 5) is 12.3. The number of sulfonamides is 1. The number of ether oxygens (including phenoxy) is 2. The van der Waals surface area contributed by atoms with Gasteiger partial charge in [0.2, 0.25) is 0 Å². The van der Waals surface area contributed by atoms with E-state index in [2.05, 4.69) is 5.32 Å². The molecule has 0 spiro atoms. The molecule has 1 amide bonds. The van der Waals surface area contributed by atoms with Crippen LogP contribution in [0.5, 0.6) is 11.5 Å². The van der Waals surface area contributed by atoms with Crippen LogP contribution >= 0.6 is 0 Å². The third-order valence-electron chi connectivity index (χ3n) is 4.59. The largest absolute Gasteiger partial charge is 0.493 e. The lowest BCUT2D eigenvalue weighted by atomic mass is 10.0. The summed E-state index contributed by atoms with van der Waals surface area (Å²) in [6.45, 7) is 1.48. The maximum atomic E-state index is 13.4. The normalized spacial score (nSPS) is 15.0. The van der Waals surface area contributed by atoms with Gasteiger partial charge in [0.1, 0.15) is 0 Å². The zero-order chi connectivity index (χ0) is 21.5. The number of carbonyl (C=O) groups excluding carboxylic acids is 1. The van der Waals surface area contributed by atoms with E-state index in [0.717, 1.165) is 22.5 Å². The van der Waals surface area contributed by atoms with E-state index in [4.69, 9.17) is 9.47 Å². The van der Waals surface area contributed by atoms with Crippen molar-refractivity contribution >= 4 is 32.9 Å². The molecule has 10 heteroatoms. The molecule has 29 heavy (non-hydrogen) atoms. The highest BCUT2D eigenvalue weighted by molar-refractivity contribution is 7.97. The van der Waals surface area contributed by atoms with Gasteiger partial charge in [-0.05, 0) is 30.7 Å². The molecule has 0 atom stereocenters. The monoisotopic (exact) mass is 424 g/mol. The molecule has 0 radical (unpaired) electrons. The summed E-state index contributed by atoms with van der Waals surface area (Å²) in [6, 6.07) is 5.80. The highest BCUT2D eigenvalue weighted by atomic mass is 32.2. The number of rotatable bonds is 4. The number of benzene rings is 2. The zero-order valence-electron chi connectivity index (χ0n) is 16.0. The van der Waals surface area contributed by atoms with Gasteiger partial charge in [-0.1, -0.05) is 0 Å². The average Bonchev–Trinajstić information content (AvgIpc) is 2.68. The lowest BCUT2D eigenvalue weighted by Gasteiger charge is -2.30. The number of halogens is 2. The Morgan fingerprint density at radius 3 is 2.24 bits per heavy atom. The minimum absolute atomic E-state index is 0.0786. The Hall–Kier alpha value is -3.14. The summed E-state index contributed by atoms with van der Waals surface area (Å²) in [5, 5.41) is 2.30. The summed E-state index contributed by atoms with van der Waals surface area (Å²) < 4.78 is 64.0. The Bertz CT molecular complexity index is 1150. The van der Waals surface area contributed by atoms with E-state index < -0.39 is 32.5 Å². The van der Waals surface area contributed by atoms with Crippen LogP contribution in [0.3, 0.4) is 0 Å². The van der Waals surface area contributed by atoms with Gasteiger partial charge < -0.3 is 14.8 Å². The van der Waals surface area contributed by atoms with Crippen LogP contribution in [0.25, 0.3) is 5.57 Å². The van der Waals surface area contributed by atoms with Crippen LogP contribution in [-0.4, -0.2) is 35.6 Å². The molecule has 0 unspecified atom stereocenters. The molecular weight excluding hydrogens is 406 g/mol. The van der Waals surface area contributed by atoms with Gasteiger partial charge in [0, 0.05) is 30.4 Å². The second kappa shape index (κ2) is 7.36. The number of amides is 1. The molecule has 1 N–H and O–H groups in total. The van der Waals surface area contributed by atoms with E-state index in [1.54, 1.807) is 6.07 Å². The quantitative estimate of drug-likeness (QED) is 0.815. The Balaban J connectivity index is 2.14. The molecule has 0 bridgehead atoms. The standard InChI is InChI=1S/C19H18F2N2O5S/c1-10-12-8-16(27-3)17(28-4)9-15(12)23(2)29(25,26)18(10)19(24)22-11-5-6-13(20)14(21)7-11/h5-9H,1-4H3,(H,22,24). The molecule has 1 heterocycles. The van der Waals surface area contributed by atoms with E-state index in [1.807, 2.05) is 0 Å². The van der Waals surface area contributed by atoms with E-state index >= 15 is 0 Å². The van der Waals surface area contributed by atoms with Crippen molar-refractivity contribution in [2.24, 2.45) is 0 Å². The Labute approximate surface area is 166 Å². The second-order valence-electron chi connectivity index (χ2n) is 6.23. The van der Waals surface area contributed by atoms with Gasteiger partial charge in [-0.15, -0.1) is 0 Å². The first kappa shape index (κ1) is 20.6. The molecule has 0 saturated heterocycles. The molecule has 2 aromatic carbocycles. The summed E-state index contributed by atoms with van der Waals surface area (Å²) in [7, 11) is -0.0519. The van der Waals surface area contributed by atoms with E-state index in [9.17, 15) is 22.0 Å². The fourth-order valence-corrected chi connectivity index (χ4v) is 4.53. The predicted octanol–water partition coefficient (Wildman–Crippen LogP) is 3.13. The minimum Gasteiger partial charge on any atom is -0.493 e. The van der Waals surface area contributed by atoms with Crippen LogP contribution in [0.1, 0.15) is 12.5 Å². The topological polar surface area (TPSA) is 84.9 Å². The van der Waals surface area contributed by atoms with E-state index in [1.165, 1.54) is 34.3 Å². The molecule has 1 aliphatic heterocycles. The highest BCUT2D eigenvalue weighted by Gasteiger charge is 2.38. The summed E-state index contributed by atoms with van der Waals surface area (Å²) in [5.74, 6) is -2.53. The summed E-state index contributed by atoms with van der Waals surface area (Å²) in [6.07, 6.45) is 0. The number of fused-ring (bicyclic) bond motifs is 1. The van der Waals surface area contributed by atoms with Crippen molar-refractivity contribution in [3.8, 4) is 11.5 Å². The molecule has 1 aliphatic rings. The molecule has 7 nitrogen and oxygen atoms in total. The van der Waals surface area contributed by atoms with Gasteiger partial charge in [-0.2, -0.15) is 0 Å². The van der Waals surface area contributed by atoms with Gasteiger partial charge in [0.15, 0.2) is 28.0 Å². The van der Waals surface area contributed by atoms with Crippen LogP contribution in [-0.2, 0) is 14.8 Å².